The summed E-state index contributed by atoms with van der Waals surface area (Å²) in [6.07, 6.45) is 9.40. The maximum atomic E-state index is 15.1. The highest BCUT2D eigenvalue weighted by Gasteiger charge is 2.27. The van der Waals surface area contributed by atoms with E-state index in [0.717, 1.165) is 25.7 Å². The second-order valence-corrected chi connectivity index (χ2v) is 10.1. The first kappa shape index (κ1) is 27.4. The van der Waals surface area contributed by atoms with E-state index in [0.29, 0.717) is 35.3 Å². The smallest absolute Gasteiger partial charge is 0.166 e. The molecule has 37 heavy (non-hydrogen) atoms. The molecule has 3 aromatic carbocycles. The highest BCUT2D eigenvalue weighted by molar-refractivity contribution is 5.71. The standard InChI is InChI=1S/C32H36F4O/c1-3-5-6-7-8-9-25-16-14-24(20-37-25)28-19-18-27(31(35)32(28)36)23-12-10-22(11-13-23)26-17-15-21(4-2)29(33)30(26)34/h10-13,15,17-19,24-25H,3-9,14,16,20H2,1-2H3. The Kier molecular flexibility index (Phi) is 9.42. The second-order valence-electron chi connectivity index (χ2n) is 10.1. The molecular weight excluding hydrogens is 476 g/mol. The molecule has 1 nitrogen and oxygen atoms in total. The Balaban J connectivity index is 1.43. The molecule has 0 aromatic heterocycles. The molecule has 1 saturated heterocycles. The van der Waals surface area contributed by atoms with Gasteiger partial charge in [0.1, 0.15) is 0 Å². The van der Waals surface area contributed by atoms with Gasteiger partial charge in [-0.15, -0.1) is 0 Å². The molecule has 0 bridgehead atoms. The number of aryl methyl sites for hydroxylation is 1. The third-order valence-corrected chi connectivity index (χ3v) is 7.60. The van der Waals surface area contributed by atoms with Crippen molar-refractivity contribution in [1.29, 1.82) is 0 Å². The first-order valence-electron chi connectivity index (χ1n) is 13.6. The normalized spacial score (nSPS) is 17.8. The maximum absolute atomic E-state index is 15.1. The lowest BCUT2D eigenvalue weighted by Crippen LogP contribution is -2.25. The molecule has 2 atom stereocenters. The summed E-state index contributed by atoms with van der Waals surface area (Å²) in [5.41, 5.74) is 1.90. The number of halogens is 4. The van der Waals surface area contributed by atoms with Crippen molar-refractivity contribution >= 4 is 0 Å². The molecule has 3 aromatic rings. The van der Waals surface area contributed by atoms with Crippen LogP contribution >= 0.6 is 0 Å². The second kappa shape index (κ2) is 12.7. The van der Waals surface area contributed by atoms with Crippen LogP contribution in [-0.2, 0) is 11.2 Å². The van der Waals surface area contributed by atoms with Crippen LogP contribution in [0.15, 0.2) is 48.5 Å². The van der Waals surface area contributed by atoms with Crippen molar-refractivity contribution in [2.75, 3.05) is 6.61 Å². The summed E-state index contributed by atoms with van der Waals surface area (Å²) in [5.74, 6) is -3.64. The zero-order valence-electron chi connectivity index (χ0n) is 21.8. The Morgan fingerprint density at radius 1 is 0.676 bits per heavy atom. The van der Waals surface area contributed by atoms with Crippen LogP contribution in [0.2, 0.25) is 0 Å². The van der Waals surface area contributed by atoms with Crippen LogP contribution in [0.3, 0.4) is 0 Å². The molecule has 198 valence electrons. The van der Waals surface area contributed by atoms with Crippen molar-refractivity contribution in [2.45, 2.75) is 83.7 Å². The minimum atomic E-state index is -0.901. The molecule has 2 unspecified atom stereocenters. The summed E-state index contributed by atoms with van der Waals surface area (Å²) in [4.78, 5) is 0. The Hall–Kier alpha value is -2.66. The number of unbranched alkanes of at least 4 members (excludes halogenated alkanes) is 4. The predicted octanol–water partition coefficient (Wildman–Crippen LogP) is 9.76. The first-order chi connectivity index (χ1) is 17.9. The molecule has 0 spiro atoms. The summed E-state index contributed by atoms with van der Waals surface area (Å²) < 4.78 is 65.0. The topological polar surface area (TPSA) is 9.23 Å². The van der Waals surface area contributed by atoms with Gasteiger partial charge in [0.15, 0.2) is 23.3 Å². The minimum absolute atomic E-state index is 0.139. The number of hydrogen-bond donors (Lipinski definition) is 0. The summed E-state index contributed by atoms with van der Waals surface area (Å²) >= 11 is 0. The van der Waals surface area contributed by atoms with Crippen molar-refractivity contribution in [2.24, 2.45) is 0 Å². The Bertz CT molecular complexity index is 1180. The van der Waals surface area contributed by atoms with Crippen LogP contribution in [0.5, 0.6) is 0 Å². The van der Waals surface area contributed by atoms with Crippen LogP contribution in [0.25, 0.3) is 22.3 Å². The van der Waals surface area contributed by atoms with Crippen molar-refractivity contribution in [3.63, 3.8) is 0 Å². The molecule has 0 saturated carbocycles. The number of hydrogen-bond acceptors (Lipinski definition) is 1. The van der Waals surface area contributed by atoms with Crippen molar-refractivity contribution in [3.8, 4) is 22.3 Å². The van der Waals surface area contributed by atoms with Gasteiger partial charge >= 0.3 is 0 Å². The van der Waals surface area contributed by atoms with Gasteiger partial charge in [0.05, 0.1) is 12.7 Å². The fraction of sp³-hybridized carbons (Fsp3) is 0.438. The SMILES string of the molecule is CCCCCCCC1CCC(c2ccc(-c3ccc(-c4ccc(CC)c(F)c4F)cc3)c(F)c2F)CO1. The molecule has 1 heterocycles. The molecule has 1 fully saturated rings. The Labute approximate surface area is 217 Å². The monoisotopic (exact) mass is 512 g/mol. The summed E-state index contributed by atoms with van der Waals surface area (Å²) in [6, 6.07) is 12.8. The van der Waals surface area contributed by atoms with Crippen LogP contribution in [-0.4, -0.2) is 12.7 Å². The number of rotatable bonds is 10. The fourth-order valence-corrected chi connectivity index (χ4v) is 5.27. The molecule has 0 aliphatic carbocycles. The van der Waals surface area contributed by atoms with E-state index in [1.165, 1.54) is 25.7 Å². The van der Waals surface area contributed by atoms with E-state index < -0.39 is 23.3 Å². The molecule has 1 aliphatic heterocycles. The van der Waals surface area contributed by atoms with E-state index in [4.69, 9.17) is 4.74 Å². The zero-order chi connectivity index (χ0) is 26.4. The number of ether oxygens (including phenoxy) is 1. The van der Waals surface area contributed by atoms with E-state index in [-0.39, 0.29) is 23.1 Å². The molecule has 5 heteroatoms. The Morgan fingerprint density at radius 2 is 1.30 bits per heavy atom. The van der Waals surface area contributed by atoms with Crippen molar-refractivity contribution < 1.29 is 22.3 Å². The molecular formula is C32H36F4O. The van der Waals surface area contributed by atoms with E-state index in [1.54, 1.807) is 55.5 Å². The zero-order valence-corrected chi connectivity index (χ0v) is 21.8. The molecule has 0 N–H and O–H groups in total. The molecule has 0 radical (unpaired) electrons. The minimum Gasteiger partial charge on any atom is -0.378 e. The Morgan fingerprint density at radius 3 is 1.89 bits per heavy atom. The van der Waals surface area contributed by atoms with Crippen LogP contribution in [0.4, 0.5) is 17.6 Å². The molecule has 0 amide bonds. The van der Waals surface area contributed by atoms with Gasteiger partial charge in [-0.2, -0.15) is 0 Å². The van der Waals surface area contributed by atoms with Gasteiger partial charge in [0.25, 0.3) is 0 Å². The highest BCUT2D eigenvalue weighted by atomic mass is 19.2. The van der Waals surface area contributed by atoms with Gasteiger partial charge in [0, 0.05) is 17.0 Å². The van der Waals surface area contributed by atoms with E-state index in [1.807, 2.05) is 0 Å². The van der Waals surface area contributed by atoms with E-state index in [2.05, 4.69) is 6.92 Å². The average Bonchev–Trinajstić information content (AvgIpc) is 2.92. The lowest BCUT2D eigenvalue weighted by Gasteiger charge is -2.30. The van der Waals surface area contributed by atoms with Crippen LogP contribution < -0.4 is 0 Å². The van der Waals surface area contributed by atoms with Gasteiger partial charge in [-0.1, -0.05) is 94.5 Å². The summed E-state index contributed by atoms with van der Waals surface area (Å²) in [6.45, 7) is 4.37. The van der Waals surface area contributed by atoms with Crippen molar-refractivity contribution in [3.05, 3.63) is 82.9 Å². The largest absolute Gasteiger partial charge is 0.378 e. The highest BCUT2D eigenvalue weighted by Crippen LogP contribution is 2.36. The van der Waals surface area contributed by atoms with Crippen molar-refractivity contribution in [1.82, 2.24) is 0 Å². The fourth-order valence-electron chi connectivity index (χ4n) is 5.27. The lowest BCUT2D eigenvalue weighted by atomic mass is 9.88. The van der Waals surface area contributed by atoms with Crippen LogP contribution in [0, 0.1) is 23.3 Å². The van der Waals surface area contributed by atoms with E-state index in [9.17, 15) is 8.78 Å². The van der Waals surface area contributed by atoms with Gasteiger partial charge in [0.2, 0.25) is 0 Å². The van der Waals surface area contributed by atoms with Gasteiger partial charge in [-0.3, -0.25) is 0 Å². The third kappa shape index (κ3) is 6.26. The molecule has 4 rings (SSSR count). The third-order valence-electron chi connectivity index (χ3n) is 7.60. The average molecular weight is 513 g/mol. The van der Waals surface area contributed by atoms with Crippen LogP contribution in [0.1, 0.15) is 82.3 Å². The van der Waals surface area contributed by atoms with Gasteiger partial charge < -0.3 is 4.74 Å². The predicted molar refractivity (Wildman–Crippen MR) is 142 cm³/mol. The quantitative estimate of drug-likeness (QED) is 0.194. The summed E-state index contributed by atoms with van der Waals surface area (Å²) in [7, 11) is 0. The number of benzene rings is 3. The lowest BCUT2D eigenvalue weighted by molar-refractivity contribution is -0.00283. The van der Waals surface area contributed by atoms with Gasteiger partial charge in [-0.05, 0) is 47.9 Å². The van der Waals surface area contributed by atoms with Gasteiger partial charge in [-0.25, -0.2) is 17.6 Å². The first-order valence-corrected chi connectivity index (χ1v) is 13.6. The van der Waals surface area contributed by atoms with E-state index >= 15 is 8.78 Å². The molecule has 1 aliphatic rings. The summed E-state index contributed by atoms with van der Waals surface area (Å²) in [5, 5.41) is 0. The maximum Gasteiger partial charge on any atom is 0.166 e.